The lowest BCUT2D eigenvalue weighted by Crippen LogP contribution is -2.41. The molecular weight excluding hydrogens is 240 g/mol. The molecular formula is C15H18N2O2. The average Bonchev–Trinajstić information content (AvgIpc) is 2.47. The van der Waals surface area contributed by atoms with E-state index in [1.54, 1.807) is 31.4 Å². The van der Waals surface area contributed by atoms with Crippen LogP contribution in [0.5, 0.6) is 0 Å². The fraction of sp³-hybridized carbons (Fsp3) is 0.467. The first kappa shape index (κ1) is 13.6. The number of hydrogen-bond donors (Lipinski definition) is 0. The zero-order valence-electron chi connectivity index (χ0n) is 11.1. The van der Waals surface area contributed by atoms with Gasteiger partial charge in [0, 0.05) is 25.8 Å². The van der Waals surface area contributed by atoms with Gasteiger partial charge in [0.25, 0.3) is 5.91 Å². The van der Waals surface area contributed by atoms with Crippen molar-refractivity contribution in [1.29, 1.82) is 5.26 Å². The van der Waals surface area contributed by atoms with E-state index < -0.39 is 0 Å². The summed E-state index contributed by atoms with van der Waals surface area (Å²) in [5.41, 5.74) is 1.12. The van der Waals surface area contributed by atoms with Gasteiger partial charge in [0.15, 0.2) is 0 Å². The SMILES string of the molecule is COCC1CCCN(C(=O)c2cccc(C#N)c2)C1. The Labute approximate surface area is 113 Å². The van der Waals surface area contributed by atoms with Crippen molar-refractivity contribution in [3.8, 4) is 6.07 Å². The molecule has 19 heavy (non-hydrogen) atoms. The van der Waals surface area contributed by atoms with Crippen LogP contribution in [0.2, 0.25) is 0 Å². The molecule has 0 aliphatic carbocycles. The van der Waals surface area contributed by atoms with Crippen LogP contribution in [0.4, 0.5) is 0 Å². The Bertz CT molecular complexity index is 491. The number of likely N-dealkylation sites (tertiary alicyclic amines) is 1. The Morgan fingerprint density at radius 3 is 3.16 bits per heavy atom. The highest BCUT2D eigenvalue weighted by Crippen LogP contribution is 2.19. The monoisotopic (exact) mass is 258 g/mol. The van der Waals surface area contributed by atoms with Crippen LogP contribution in [-0.2, 0) is 4.74 Å². The van der Waals surface area contributed by atoms with Crippen LogP contribution in [0.3, 0.4) is 0 Å². The number of amides is 1. The van der Waals surface area contributed by atoms with E-state index in [9.17, 15) is 4.79 Å². The van der Waals surface area contributed by atoms with E-state index in [1.165, 1.54) is 0 Å². The van der Waals surface area contributed by atoms with E-state index in [1.807, 2.05) is 4.90 Å². The van der Waals surface area contributed by atoms with Gasteiger partial charge in [0.2, 0.25) is 0 Å². The number of rotatable bonds is 3. The van der Waals surface area contributed by atoms with Crippen molar-refractivity contribution in [1.82, 2.24) is 4.90 Å². The molecule has 1 heterocycles. The lowest BCUT2D eigenvalue weighted by molar-refractivity contribution is 0.0571. The quantitative estimate of drug-likeness (QED) is 0.833. The summed E-state index contributed by atoms with van der Waals surface area (Å²) in [4.78, 5) is 14.3. The molecule has 0 aromatic heterocycles. The van der Waals surface area contributed by atoms with Crippen LogP contribution in [0.25, 0.3) is 0 Å². The molecule has 0 spiro atoms. The number of methoxy groups -OCH3 is 1. The number of benzene rings is 1. The maximum absolute atomic E-state index is 12.4. The number of hydrogen-bond acceptors (Lipinski definition) is 3. The molecule has 1 fully saturated rings. The van der Waals surface area contributed by atoms with Crippen LogP contribution < -0.4 is 0 Å². The number of carbonyl (C=O) groups excluding carboxylic acids is 1. The summed E-state index contributed by atoms with van der Waals surface area (Å²) in [7, 11) is 1.69. The number of piperidine rings is 1. The molecule has 1 unspecified atom stereocenters. The van der Waals surface area contributed by atoms with Gasteiger partial charge in [-0.3, -0.25) is 4.79 Å². The van der Waals surface area contributed by atoms with Crippen LogP contribution in [0.15, 0.2) is 24.3 Å². The average molecular weight is 258 g/mol. The molecule has 1 aliphatic heterocycles. The highest BCUT2D eigenvalue weighted by atomic mass is 16.5. The number of nitrogens with zero attached hydrogens (tertiary/aromatic N) is 2. The Hall–Kier alpha value is -1.86. The minimum Gasteiger partial charge on any atom is -0.384 e. The zero-order valence-corrected chi connectivity index (χ0v) is 11.1. The molecule has 4 heteroatoms. The number of carbonyl (C=O) groups is 1. The van der Waals surface area contributed by atoms with Crippen LogP contribution in [-0.4, -0.2) is 37.6 Å². The van der Waals surface area contributed by atoms with Gasteiger partial charge in [0.05, 0.1) is 18.2 Å². The Morgan fingerprint density at radius 2 is 2.42 bits per heavy atom. The van der Waals surface area contributed by atoms with Crippen molar-refractivity contribution in [3.63, 3.8) is 0 Å². The molecule has 1 atom stereocenters. The maximum atomic E-state index is 12.4. The van der Waals surface area contributed by atoms with Crippen LogP contribution in [0.1, 0.15) is 28.8 Å². The topological polar surface area (TPSA) is 53.3 Å². The Kier molecular flexibility index (Phi) is 4.53. The van der Waals surface area contributed by atoms with Gasteiger partial charge in [-0.05, 0) is 37.0 Å². The van der Waals surface area contributed by atoms with E-state index in [0.29, 0.717) is 23.7 Å². The second kappa shape index (κ2) is 6.35. The van der Waals surface area contributed by atoms with E-state index in [4.69, 9.17) is 10.00 Å². The van der Waals surface area contributed by atoms with Gasteiger partial charge in [-0.15, -0.1) is 0 Å². The molecule has 0 radical (unpaired) electrons. The molecule has 0 bridgehead atoms. The molecule has 4 nitrogen and oxygen atoms in total. The lowest BCUT2D eigenvalue weighted by atomic mass is 9.98. The largest absolute Gasteiger partial charge is 0.384 e. The number of nitriles is 1. The third kappa shape index (κ3) is 3.33. The molecule has 0 saturated carbocycles. The van der Waals surface area contributed by atoms with E-state index in [0.717, 1.165) is 25.9 Å². The van der Waals surface area contributed by atoms with Gasteiger partial charge in [0.1, 0.15) is 0 Å². The number of ether oxygens (including phenoxy) is 1. The summed E-state index contributed by atoms with van der Waals surface area (Å²) in [6.07, 6.45) is 2.12. The van der Waals surface area contributed by atoms with E-state index >= 15 is 0 Å². The maximum Gasteiger partial charge on any atom is 0.253 e. The first-order valence-electron chi connectivity index (χ1n) is 6.53. The van der Waals surface area contributed by atoms with Crippen molar-refractivity contribution >= 4 is 5.91 Å². The highest BCUT2D eigenvalue weighted by molar-refractivity contribution is 5.94. The van der Waals surface area contributed by atoms with Crippen molar-refractivity contribution in [2.45, 2.75) is 12.8 Å². The summed E-state index contributed by atoms with van der Waals surface area (Å²) >= 11 is 0. The van der Waals surface area contributed by atoms with E-state index in [2.05, 4.69) is 6.07 Å². The lowest BCUT2D eigenvalue weighted by Gasteiger charge is -2.32. The molecule has 0 N–H and O–H groups in total. The zero-order chi connectivity index (χ0) is 13.7. The molecule has 1 aliphatic rings. The molecule has 1 aromatic carbocycles. The predicted molar refractivity (Wildman–Crippen MR) is 71.7 cm³/mol. The summed E-state index contributed by atoms with van der Waals surface area (Å²) in [6.45, 7) is 2.22. The molecule has 1 saturated heterocycles. The summed E-state index contributed by atoms with van der Waals surface area (Å²) in [5.74, 6) is 0.430. The van der Waals surface area contributed by atoms with Gasteiger partial charge < -0.3 is 9.64 Å². The second-order valence-corrected chi connectivity index (χ2v) is 4.91. The summed E-state index contributed by atoms with van der Waals surface area (Å²) in [5, 5.41) is 8.87. The van der Waals surface area contributed by atoms with Crippen molar-refractivity contribution in [3.05, 3.63) is 35.4 Å². The molecule has 1 aromatic rings. The standard InChI is InChI=1S/C15H18N2O2/c1-19-11-13-5-3-7-17(10-13)15(18)14-6-2-4-12(8-14)9-16/h2,4,6,8,13H,3,5,7,10-11H2,1H3. The minimum atomic E-state index is 0.0119. The summed E-state index contributed by atoms with van der Waals surface area (Å²) < 4.78 is 5.17. The molecule has 1 amide bonds. The Balaban J connectivity index is 2.08. The van der Waals surface area contributed by atoms with Gasteiger partial charge in [-0.25, -0.2) is 0 Å². The third-order valence-electron chi connectivity index (χ3n) is 3.45. The van der Waals surface area contributed by atoms with Crippen LogP contribution in [0, 0.1) is 17.2 Å². The summed E-state index contributed by atoms with van der Waals surface area (Å²) in [6, 6.07) is 8.95. The Morgan fingerprint density at radius 1 is 1.58 bits per heavy atom. The smallest absolute Gasteiger partial charge is 0.253 e. The van der Waals surface area contributed by atoms with Crippen LogP contribution >= 0.6 is 0 Å². The normalized spacial score (nSPS) is 18.9. The van der Waals surface area contributed by atoms with Crippen molar-refractivity contribution in [2.75, 3.05) is 26.8 Å². The van der Waals surface area contributed by atoms with Crippen molar-refractivity contribution < 1.29 is 9.53 Å². The third-order valence-corrected chi connectivity index (χ3v) is 3.45. The second-order valence-electron chi connectivity index (χ2n) is 4.91. The minimum absolute atomic E-state index is 0.0119. The van der Waals surface area contributed by atoms with Crippen molar-refractivity contribution in [2.24, 2.45) is 5.92 Å². The molecule has 2 rings (SSSR count). The van der Waals surface area contributed by atoms with Gasteiger partial charge >= 0.3 is 0 Å². The molecule has 100 valence electrons. The van der Waals surface area contributed by atoms with E-state index in [-0.39, 0.29) is 5.91 Å². The first-order valence-corrected chi connectivity index (χ1v) is 6.53. The first-order chi connectivity index (χ1) is 9.24. The fourth-order valence-corrected chi connectivity index (χ4v) is 2.53. The highest BCUT2D eigenvalue weighted by Gasteiger charge is 2.24. The van der Waals surface area contributed by atoms with Gasteiger partial charge in [-0.2, -0.15) is 5.26 Å². The predicted octanol–water partition coefficient (Wildman–Crippen LogP) is 2.06. The fourth-order valence-electron chi connectivity index (χ4n) is 2.53. The van der Waals surface area contributed by atoms with Gasteiger partial charge in [-0.1, -0.05) is 6.07 Å².